The number of benzene rings is 2. The van der Waals surface area contributed by atoms with Crippen LogP contribution in [0.25, 0.3) is 5.76 Å². The number of nitrogens with zero attached hydrogens (tertiary/aromatic N) is 2. The maximum absolute atomic E-state index is 12.9. The van der Waals surface area contributed by atoms with E-state index in [1.54, 1.807) is 42.7 Å². The maximum atomic E-state index is 12.9. The van der Waals surface area contributed by atoms with Crippen LogP contribution in [0.3, 0.4) is 0 Å². The summed E-state index contributed by atoms with van der Waals surface area (Å²) in [5, 5.41) is 10.9. The molecular formula is C24H20N2O3. The fourth-order valence-electron chi connectivity index (χ4n) is 3.64. The Balaban J connectivity index is 1.76. The second-order valence-corrected chi connectivity index (χ2v) is 6.88. The van der Waals surface area contributed by atoms with Gasteiger partial charge in [0.25, 0.3) is 11.7 Å². The van der Waals surface area contributed by atoms with Crippen molar-refractivity contribution in [3.05, 3.63) is 107 Å². The predicted octanol–water partition coefficient (Wildman–Crippen LogP) is 3.75. The fourth-order valence-corrected chi connectivity index (χ4v) is 3.64. The number of aromatic nitrogens is 1. The monoisotopic (exact) mass is 384 g/mol. The molecule has 1 aromatic heterocycles. The molecule has 1 aliphatic heterocycles. The Hall–Kier alpha value is -3.73. The van der Waals surface area contributed by atoms with Crippen LogP contribution >= 0.6 is 0 Å². The highest BCUT2D eigenvalue weighted by Gasteiger charge is 2.45. The standard InChI is InChI=1S/C24H20N2O3/c27-22(18-10-5-2-6-11-18)20-21(19-12-7-14-25-16-19)26(24(29)23(20)28)15-13-17-8-3-1-4-9-17/h1-12,14,16,21,27H,13,15H2/b22-20+. The lowest BCUT2D eigenvalue weighted by Gasteiger charge is -2.25. The average Bonchev–Trinajstić information content (AvgIpc) is 3.04. The molecule has 2 heterocycles. The van der Waals surface area contributed by atoms with Crippen molar-refractivity contribution >= 4 is 17.4 Å². The number of pyridine rings is 1. The molecule has 1 N–H and O–H groups in total. The lowest BCUT2D eigenvalue weighted by Crippen LogP contribution is -2.31. The zero-order valence-electron chi connectivity index (χ0n) is 15.7. The number of carbonyl (C=O) groups excluding carboxylic acids is 2. The Morgan fingerprint density at radius 2 is 1.62 bits per heavy atom. The van der Waals surface area contributed by atoms with Crippen LogP contribution in [0.5, 0.6) is 0 Å². The maximum Gasteiger partial charge on any atom is 0.295 e. The number of carbonyl (C=O) groups is 2. The molecule has 0 aliphatic carbocycles. The van der Waals surface area contributed by atoms with Gasteiger partial charge in [0.15, 0.2) is 0 Å². The van der Waals surface area contributed by atoms with E-state index >= 15 is 0 Å². The molecule has 1 atom stereocenters. The SMILES string of the molecule is O=C1C(=O)N(CCc2ccccc2)C(c2cccnc2)/C1=C(\O)c1ccccc1. The molecule has 4 rings (SSSR count). The summed E-state index contributed by atoms with van der Waals surface area (Å²) in [5.41, 5.74) is 2.37. The number of aliphatic hydroxyl groups is 1. The van der Waals surface area contributed by atoms with E-state index < -0.39 is 17.7 Å². The van der Waals surface area contributed by atoms with Crippen LogP contribution < -0.4 is 0 Å². The van der Waals surface area contributed by atoms with Crippen molar-refractivity contribution in [2.45, 2.75) is 12.5 Å². The van der Waals surface area contributed by atoms with Crippen molar-refractivity contribution in [2.75, 3.05) is 6.54 Å². The molecule has 0 radical (unpaired) electrons. The van der Waals surface area contributed by atoms with Gasteiger partial charge in [0, 0.05) is 24.5 Å². The van der Waals surface area contributed by atoms with Crippen molar-refractivity contribution in [3.8, 4) is 0 Å². The third kappa shape index (κ3) is 3.67. The minimum absolute atomic E-state index is 0.0993. The van der Waals surface area contributed by atoms with E-state index in [4.69, 9.17) is 0 Å². The summed E-state index contributed by atoms with van der Waals surface area (Å²) in [6.07, 6.45) is 3.87. The fraction of sp³-hybridized carbons (Fsp3) is 0.125. The van der Waals surface area contributed by atoms with Gasteiger partial charge >= 0.3 is 0 Å². The highest BCUT2D eigenvalue weighted by atomic mass is 16.3. The Morgan fingerprint density at radius 3 is 2.28 bits per heavy atom. The van der Waals surface area contributed by atoms with Crippen LogP contribution in [0.15, 0.2) is 90.8 Å². The lowest BCUT2D eigenvalue weighted by atomic mass is 9.96. The van der Waals surface area contributed by atoms with Crippen LogP contribution in [-0.2, 0) is 16.0 Å². The summed E-state index contributed by atoms with van der Waals surface area (Å²) in [6, 6.07) is 21.5. The van der Waals surface area contributed by atoms with Crippen LogP contribution in [0, 0.1) is 0 Å². The molecule has 1 saturated heterocycles. The van der Waals surface area contributed by atoms with Gasteiger partial charge in [0.05, 0.1) is 11.6 Å². The van der Waals surface area contributed by atoms with Gasteiger partial charge in [0.1, 0.15) is 5.76 Å². The van der Waals surface area contributed by atoms with Gasteiger partial charge < -0.3 is 10.0 Å². The van der Waals surface area contributed by atoms with Crippen molar-refractivity contribution in [1.82, 2.24) is 9.88 Å². The van der Waals surface area contributed by atoms with Crippen molar-refractivity contribution in [1.29, 1.82) is 0 Å². The summed E-state index contributed by atoms with van der Waals surface area (Å²) < 4.78 is 0. The van der Waals surface area contributed by atoms with E-state index in [0.717, 1.165) is 5.56 Å². The molecule has 0 saturated carbocycles. The first-order valence-electron chi connectivity index (χ1n) is 9.44. The molecule has 0 bridgehead atoms. The predicted molar refractivity (Wildman–Crippen MR) is 110 cm³/mol. The Kier molecular flexibility index (Phi) is 5.20. The van der Waals surface area contributed by atoms with E-state index in [9.17, 15) is 14.7 Å². The summed E-state index contributed by atoms with van der Waals surface area (Å²) in [4.78, 5) is 31.4. The molecule has 3 aromatic rings. The molecule has 5 heteroatoms. The van der Waals surface area contributed by atoms with Gasteiger partial charge in [0.2, 0.25) is 0 Å². The number of Topliss-reactive ketones (excluding diaryl/α,β-unsaturated/α-hetero) is 1. The Morgan fingerprint density at radius 1 is 0.931 bits per heavy atom. The van der Waals surface area contributed by atoms with Crippen LogP contribution in [-0.4, -0.2) is 33.2 Å². The van der Waals surface area contributed by atoms with Gasteiger partial charge in [-0.3, -0.25) is 14.6 Å². The zero-order valence-corrected chi connectivity index (χ0v) is 15.7. The highest BCUT2D eigenvalue weighted by Crippen LogP contribution is 2.39. The van der Waals surface area contributed by atoms with Gasteiger partial charge in [-0.15, -0.1) is 0 Å². The summed E-state index contributed by atoms with van der Waals surface area (Å²) in [7, 11) is 0. The van der Waals surface area contributed by atoms with E-state index in [1.165, 1.54) is 4.90 Å². The molecule has 2 aromatic carbocycles. The van der Waals surface area contributed by atoms with Crippen LogP contribution in [0.4, 0.5) is 0 Å². The van der Waals surface area contributed by atoms with E-state index in [1.807, 2.05) is 42.5 Å². The Labute approximate surface area is 169 Å². The summed E-state index contributed by atoms with van der Waals surface area (Å²) in [5.74, 6) is -1.44. The van der Waals surface area contributed by atoms with Crippen molar-refractivity contribution in [3.63, 3.8) is 0 Å². The Bertz CT molecular complexity index is 1050. The third-order valence-electron chi connectivity index (χ3n) is 5.07. The molecular weight excluding hydrogens is 364 g/mol. The lowest BCUT2D eigenvalue weighted by molar-refractivity contribution is -0.139. The minimum Gasteiger partial charge on any atom is -0.507 e. The molecule has 144 valence electrons. The number of rotatable bonds is 5. The van der Waals surface area contributed by atoms with E-state index in [0.29, 0.717) is 24.1 Å². The quantitative estimate of drug-likeness (QED) is 0.413. The second kappa shape index (κ2) is 8.10. The van der Waals surface area contributed by atoms with Gasteiger partial charge in [-0.2, -0.15) is 0 Å². The molecule has 0 spiro atoms. The first-order valence-corrected chi connectivity index (χ1v) is 9.44. The van der Waals surface area contributed by atoms with Gasteiger partial charge in [-0.05, 0) is 23.6 Å². The number of likely N-dealkylation sites (tertiary alicyclic amines) is 1. The summed E-state index contributed by atoms with van der Waals surface area (Å²) >= 11 is 0. The zero-order chi connectivity index (χ0) is 20.2. The first-order chi connectivity index (χ1) is 14.2. The largest absolute Gasteiger partial charge is 0.507 e. The van der Waals surface area contributed by atoms with Crippen LogP contribution in [0.1, 0.15) is 22.7 Å². The molecule has 29 heavy (non-hydrogen) atoms. The number of amides is 1. The number of ketones is 1. The van der Waals surface area contributed by atoms with E-state index in [2.05, 4.69) is 4.98 Å². The van der Waals surface area contributed by atoms with Crippen molar-refractivity contribution < 1.29 is 14.7 Å². The van der Waals surface area contributed by atoms with Gasteiger partial charge in [-0.25, -0.2) is 0 Å². The van der Waals surface area contributed by atoms with E-state index in [-0.39, 0.29) is 11.3 Å². The molecule has 1 aliphatic rings. The van der Waals surface area contributed by atoms with Crippen LogP contribution in [0.2, 0.25) is 0 Å². The molecule has 1 unspecified atom stereocenters. The number of aliphatic hydroxyl groups excluding tert-OH is 1. The number of hydrogen-bond acceptors (Lipinski definition) is 4. The highest BCUT2D eigenvalue weighted by molar-refractivity contribution is 6.46. The first kappa shape index (κ1) is 18.6. The number of hydrogen-bond donors (Lipinski definition) is 1. The third-order valence-corrected chi connectivity index (χ3v) is 5.07. The topological polar surface area (TPSA) is 70.5 Å². The normalized spacial score (nSPS) is 18.2. The van der Waals surface area contributed by atoms with Crippen molar-refractivity contribution in [2.24, 2.45) is 0 Å². The minimum atomic E-state index is -0.674. The molecule has 5 nitrogen and oxygen atoms in total. The second-order valence-electron chi connectivity index (χ2n) is 6.88. The smallest absolute Gasteiger partial charge is 0.295 e. The molecule has 1 fully saturated rings. The average molecular weight is 384 g/mol. The van der Waals surface area contributed by atoms with Gasteiger partial charge in [-0.1, -0.05) is 66.7 Å². The summed E-state index contributed by atoms with van der Waals surface area (Å²) in [6.45, 7) is 0.361. The molecule has 1 amide bonds.